The molecule has 0 saturated heterocycles. The molecule has 2 N–H and O–H groups in total. The van der Waals surface area contributed by atoms with Crippen LogP contribution in [0.25, 0.3) is 22.7 Å². The van der Waals surface area contributed by atoms with E-state index in [4.69, 9.17) is 9.15 Å². The number of nitrogens with zero attached hydrogens (tertiary/aromatic N) is 1. The fourth-order valence-electron chi connectivity index (χ4n) is 3.82. The van der Waals surface area contributed by atoms with Crippen LogP contribution in [0.15, 0.2) is 82.1 Å². The molecule has 1 heterocycles. The zero-order valence-corrected chi connectivity index (χ0v) is 19.9. The molecule has 0 aliphatic rings. The number of amides is 1. The highest BCUT2D eigenvalue weighted by atomic mass is 32.1. The Morgan fingerprint density at radius 2 is 1.85 bits per heavy atom. The van der Waals surface area contributed by atoms with Crippen LogP contribution in [0.1, 0.15) is 31.2 Å². The number of carbonyl (C=O) groups excluding carboxylic acids is 1. The van der Waals surface area contributed by atoms with E-state index in [1.54, 1.807) is 12.1 Å². The van der Waals surface area contributed by atoms with Crippen LogP contribution in [0.5, 0.6) is 11.5 Å². The van der Waals surface area contributed by atoms with Crippen LogP contribution in [0.4, 0.5) is 5.88 Å². The summed E-state index contributed by atoms with van der Waals surface area (Å²) < 4.78 is 11.2. The number of methoxy groups -OCH3 is 1. The fourth-order valence-corrected chi connectivity index (χ4v) is 4.04. The number of rotatable bonds is 8. The lowest BCUT2D eigenvalue weighted by molar-refractivity contribution is -0.117. The maximum atomic E-state index is 13.4. The van der Waals surface area contributed by atoms with E-state index in [1.165, 1.54) is 13.2 Å². The Hall–Kier alpha value is -3.71. The van der Waals surface area contributed by atoms with Crippen molar-refractivity contribution in [2.45, 2.75) is 30.6 Å². The van der Waals surface area contributed by atoms with Crippen molar-refractivity contribution in [3.8, 4) is 34.2 Å². The number of phenols is 1. The number of nitrogens with one attached hydrogen (secondary N) is 1. The van der Waals surface area contributed by atoms with Crippen molar-refractivity contribution in [2.24, 2.45) is 0 Å². The molecule has 0 radical (unpaired) electrons. The number of aromatic hydroxyl groups is 1. The molecular formula is C27H26N2O4S. The molecule has 0 aliphatic heterocycles. The van der Waals surface area contributed by atoms with Crippen LogP contribution >= 0.6 is 12.6 Å². The number of ether oxygens (including phenoxy) is 1. The molecule has 174 valence electrons. The van der Waals surface area contributed by atoms with Crippen LogP contribution in [-0.4, -0.2) is 23.1 Å². The Bertz CT molecular complexity index is 1290. The molecule has 6 nitrogen and oxygen atoms in total. The summed E-state index contributed by atoms with van der Waals surface area (Å²) in [6.07, 6.45) is 1.30. The first-order chi connectivity index (χ1) is 16.5. The topological polar surface area (TPSA) is 84.6 Å². The van der Waals surface area contributed by atoms with Gasteiger partial charge in [-0.05, 0) is 36.8 Å². The van der Waals surface area contributed by atoms with Gasteiger partial charge in [-0.2, -0.15) is 0 Å². The number of anilines is 1. The molecule has 7 heteroatoms. The maximum Gasteiger partial charge on any atom is 0.234 e. The number of oxazole rings is 1. The van der Waals surface area contributed by atoms with Crippen molar-refractivity contribution in [3.05, 3.63) is 78.4 Å². The molecule has 0 spiro atoms. The largest absolute Gasteiger partial charge is 0.508 e. The third kappa shape index (κ3) is 5.10. The van der Waals surface area contributed by atoms with Crippen molar-refractivity contribution in [1.82, 2.24) is 4.98 Å². The van der Waals surface area contributed by atoms with Gasteiger partial charge in [-0.1, -0.05) is 49.7 Å². The van der Waals surface area contributed by atoms with E-state index in [9.17, 15) is 9.90 Å². The average Bonchev–Trinajstić information content (AvgIpc) is 3.27. The number of benzene rings is 3. The van der Waals surface area contributed by atoms with Gasteiger partial charge in [-0.25, -0.2) is 4.98 Å². The highest BCUT2D eigenvalue weighted by Crippen LogP contribution is 2.37. The minimum absolute atomic E-state index is 0.0125. The van der Waals surface area contributed by atoms with Gasteiger partial charge in [0.05, 0.1) is 13.0 Å². The molecule has 34 heavy (non-hydrogen) atoms. The van der Waals surface area contributed by atoms with Gasteiger partial charge in [0, 0.05) is 27.7 Å². The third-order valence-electron chi connectivity index (χ3n) is 5.51. The molecule has 0 aliphatic carbocycles. The number of thiol groups is 1. The van der Waals surface area contributed by atoms with E-state index in [0.29, 0.717) is 29.3 Å². The average molecular weight is 475 g/mol. The number of hydrogen-bond donors (Lipinski definition) is 3. The molecule has 0 bridgehead atoms. The van der Waals surface area contributed by atoms with Gasteiger partial charge < -0.3 is 14.3 Å². The highest BCUT2D eigenvalue weighted by molar-refractivity contribution is 7.80. The lowest BCUT2D eigenvalue weighted by atomic mass is 9.92. The van der Waals surface area contributed by atoms with Gasteiger partial charge in [-0.15, -0.1) is 12.6 Å². The Morgan fingerprint density at radius 3 is 2.53 bits per heavy atom. The minimum atomic E-state index is -0.578. The summed E-state index contributed by atoms with van der Waals surface area (Å²) in [6.45, 7) is 1.99. The molecule has 3 aromatic carbocycles. The monoisotopic (exact) mass is 474 g/mol. The van der Waals surface area contributed by atoms with Crippen molar-refractivity contribution >= 4 is 24.4 Å². The second-order valence-corrected chi connectivity index (χ2v) is 8.38. The summed E-state index contributed by atoms with van der Waals surface area (Å²) >= 11 is 4.44. The summed E-state index contributed by atoms with van der Waals surface area (Å²) in [5, 5.41) is 13.5. The van der Waals surface area contributed by atoms with Crippen LogP contribution in [0.2, 0.25) is 0 Å². The zero-order valence-electron chi connectivity index (χ0n) is 19.0. The van der Waals surface area contributed by atoms with Crippen molar-refractivity contribution < 1.29 is 19.1 Å². The summed E-state index contributed by atoms with van der Waals surface area (Å²) in [7, 11) is 1.53. The quantitative estimate of drug-likeness (QED) is 0.253. The number of hydrogen-bond acceptors (Lipinski definition) is 6. The lowest BCUT2D eigenvalue weighted by Gasteiger charge is -2.18. The molecule has 1 aromatic heterocycles. The third-order valence-corrected chi connectivity index (χ3v) is 5.79. The van der Waals surface area contributed by atoms with E-state index < -0.39 is 5.92 Å². The van der Waals surface area contributed by atoms with E-state index in [-0.39, 0.29) is 17.5 Å². The first-order valence-electron chi connectivity index (χ1n) is 11.0. The zero-order chi connectivity index (χ0) is 24.1. The molecule has 1 amide bonds. The molecule has 0 saturated carbocycles. The Labute approximate surface area is 204 Å². The van der Waals surface area contributed by atoms with Crippen molar-refractivity contribution in [2.75, 3.05) is 12.4 Å². The van der Waals surface area contributed by atoms with Crippen LogP contribution in [0, 0.1) is 0 Å². The number of phenolic OH excluding ortho intramolecular Hbond substituents is 1. The molecule has 1 atom stereocenters. The summed E-state index contributed by atoms with van der Waals surface area (Å²) in [5.74, 6) is 0.311. The van der Waals surface area contributed by atoms with E-state index >= 15 is 0 Å². The van der Waals surface area contributed by atoms with Crippen molar-refractivity contribution in [3.63, 3.8) is 0 Å². The summed E-state index contributed by atoms with van der Waals surface area (Å²) in [4.78, 5) is 18.9. The highest BCUT2D eigenvalue weighted by Gasteiger charge is 2.26. The molecular weight excluding hydrogens is 448 g/mol. The second kappa shape index (κ2) is 10.5. The molecule has 4 rings (SSSR count). The smallest absolute Gasteiger partial charge is 0.234 e. The van der Waals surface area contributed by atoms with E-state index in [0.717, 1.165) is 22.4 Å². The van der Waals surface area contributed by atoms with Gasteiger partial charge in [0.2, 0.25) is 17.7 Å². The SMILES string of the molecule is CCCC(C(=O)Nc1oc(-c2ccccc2)nc1-c1cccc(S)c1)c1ccc(OC)cc1O. The number of aromatic nitrogens is 1. The first kappa shape index (κ1) is 23.4. The first-order valence-corrected chi connectivity index (χ1v) is 11.5. The molecule has 1 unspecified atom stereocenters. The van der Waals surface area contributed by atoms with Gasteiger partial charge in [-0.3, -0.25) is 10.1 Å². The Morgan fingerprint density at radius 1 is 1.09 bits per heavy atom. The van der Waals surface area contributed by atoms with Crippen LogP contribution < -0.4 is 10.1 Å². The van der Waals surface area contributed by atoms with Crippen LogP contribution in [-0.2, 0) is 4.79 Å². The number of carbonyl (C=O) groups is 1. The molecule has 0 fully saturated rings. The summed E-state index contributed by atoms with van der Waals surface area (Å²) in [6, 6.07) is 22.0. The Kier molecular flexibility index (Phi) is 7.23. The van der Waals surface area contributed by atoms with Crippen LogP contribution in [0.3, 0.4) is 0 Å². The second-order valence-electron chi connectivity index (χ2n) is 7.87. The fraction of sp³-hybridized carbons (Fsp3) is 0.185. The normalized spacial score (nSPS) is 11.7. The van der Waals surface area contributed by atoms with Gasteiger partial charge in [0.1, 0.15) is 17.2 Å². The Balaban J connectivity index is 1.72. The molecule has 4 aromatic rings. The standard InChI is InChI=1S/C27H26N2O4S/c1-3-8-22(21-14-13-19(32-2)16-23(21)30)25(31)29-27-24(18-11-7-12-20(34)15-18)28-26(33-27)17-9-5-4-6-10-17/h4-7,9-16,22,30,34H,3,8H2,1-2H3,(H,29,31). The van der Waals surface area contributed by atoms with Gasteiger partial charge in [0.15, 0.2) is 0 Å². The summed E-state index contributed by atoms with van der Waals surface area (Å²) in [5.41, 5.74) is 2.61. The maximum absolute atomic E-state index is 13.4. The van der Waals surface area contributed by atoms with E-state index in [2.05, 4.69) is 22.9 Å². The predicted octanol–water partition coefficient (Wildman–Crippen LogP) is 6.53. The lowest BCUT2D eigenvalue weighted by Crippen LogP contribution is -2.21. The van der Waals surface area contributed by atoms with E-state index in [1.807, 2.05) is 61.5 Å². The van der Waals surface area contributed by atoms with Crippen molar-refractivity contribution in [1.29, 1.82) is 0 Å². The predicted molar refractivity (Wildman–Crippen MR) is 136 cm³/mol. The van der Waals surface area contributed by atoms with Gasteiger partial charge in [0.25, 0.3) is 0 Å². The van der Waals surface area contributed by atoms with Gasteiger partial charge >= 0.3 is 0 Å². The minimum Gasteiger partial charge on any atom is -0.508 e.